The third kappa shape index (κ3) is 3.54. The van der Waals surface area contributed by atoms with E-state index in [0.29, 0.717) is 17.9 Å². The molecule has 0 saturated heterocycles. The summed E-state index contributed by atoms with van der Waals surface area (Å²) in [5.74, 6) is -0.553. The van der Waals surface area contributed by atoms with Gasteiger partial charge in [-0.2, -0.15) is 5.10 Å². The molecule has 0 aliphatic carbocycles. The molecule has 0 unspecified atom stereocenters. The van der Waals surface area contributed by atoms with E-state index in [1.807, 2.05) is 13.2 Å². The van der Waals surface area contributed by atoms with Crippen LogP contribution < -0.4 is 10.6 Å². The van der Waals surface area contributed by atoms with Gasteiger partial charge in [-0.1, -0.05) is 0 Å². The first kappa shape index (κ1) is 13.1. The molecule has 0 fully saturated rings. The smallest absolute Gasteiger partial charge is 0.221 e. The van der Waals surface area contributed by atoms with Gasteiger partial charge < -0.3 is 10.6 Å². The Morgan fingerprint density at radius 1 is 1.47 bits per heavy atom. The molecule has 5 nitrogen and oxygen atoms in total. The van der Waals surface area contributed by atoms with Gasteiger partial charge in [0.05, 0.1) is 11.9 Å². The second-order valence-corrected chi connectivity index (χ2v) is 4.25. The molecule has 2 N–H and O–H groups in total. The first-order valence-corrected chi connectivity index (χ1v) is 5.83. The molecule has 2 aromatic rings. The number of hydrogen-bond donors (Lipinski definition) is 2. The molecule has 2 rings (SSSR count). The van der Waals surface area contributed by atoms with E-state index in [4.69, 9.17) is 0 Å². The van der Waals surface area contributed by atoms with Crippen molar-refractivity contribution in [2.75, 3.05) is 10.6 Å². The van der Waals surface area contributed by atoms with Gasteiger partial charge in [-0.3, -0.25) is 9.48 Å². The highest BCUT2D eigenvalue weighted by Gasteiger charge is 2.05. The van der Waals surface area contributed by atoms with Crippen LogP contribution in [0.15, 0.2) is 30.6 Å². The van der Waals surface area contributed by atoms with Crippen LogP contribution in [0, 0.1) is 5.82 Å². The number of nitrogens with zero attached hydrogens (tertiary/aromatic N) is 2. The molecule has 1 heterocycles. The lowest BCUT2D eigenvalue weighted by Crippen LogP contribution is -2.07. The molecule has 100 valence electrons. The highest BCUT2D eigenvalue weighted by atomic mass is 19.1. The zero-order valence-corrected chi connectivity index (χ0v) is 10.8. The van der Waals surface area contributed by atoms with Gasteiger partial charge in [0.2, 0.25) is 5.91 Å². The number of aromatic nitrogens is 2. The maximum absolute atomic E-state index is 13.6. The van der Waals surface area contributed by atoms with Crippen molar-refractivity contribution >= 4 is 17.3 Å². The molecule has 1 aromatic carbocycles. The minimum atomic E-state index is -0.363. The maximum atomic E-state index is 13.6. The van der Waals surface area contributed by atoms with Crippen LogP contribution in [0.2, 0.25) is 0 Å². The normalized spacial score (nSPS) is 10.3. The number of aryl methyl sites for hydroxylation is 1. The van der Waals surface area contributed by atoms with E-state index in [1.54, 1.807) is 16.9 Å². The third-order valence-electron chi connectivity index (χ3n) is 2.53. The van der Waals surface area contributed by atoms with E-state index in [9.17, 15) is 9.18 Å². The van der Waals surface area contributed by atoms with Crippen molar-refractivity contribution in [3.8, 4) is 0 Å². The summed E-state index contributed by atoms with van der Waals surface area (Å²) in [5.41, 5.74) is 1.85. The summed E-state index contributed by atoms with van der Waals surface area (Å²) in [6.45, 7) is 1.88. The molecule has 0 saturated carbocycles. The molecule has 1 aromatic heterocycles. The molecular weight excluding hydrogens is 247 g/mol. The van der Waals surface area contributed by atoms with Gasteiger partial charge in [0.1, 0.15) is 5.82 Å². The van der Waals surface area contributed by atoms with Gasteiger partial charge in [0.15, 0.2) is 0 Å². The van der Waals surface area contributed by atoms with E-state index in [2.05, 4.69) is 15.7 Å². The first-order chi connectivity index (χ1) is 9.04. The summed E-state index contributed by atoms with van der Waals surface area (Å²) in [6, 6.07) is 4.40. The fourth-order valence-electron chi connectivity index (χ4n) is 1.70. The summed E-state index contributed by atoms with van der Waals surface area (Å²) in [4.78, 5) is 11.0. The van der Waals surface area contributed by atoms with Crippen LogP contribution in [-0.2, 0) is 18.4 Å². The zero-order valence-electron chi connectivity index (χ0n) is 10.8. The van der Waals surface area contributed by atoms with Crippen LogP contribution in [0.1, 0.15) is 12.5 Å². The molecule has 0 atom stereocenters. The Morgan fingerprint density at radius 2 is 2.26 bits per heavy atom. The van der Waals surface area contributed by atoms with E-state index < -0.39 is 0 Å². The topological polar surface area (TPSA) is 59.0 Å². The Balaban J connectivity index is 2.08. The Kier molecular flexibility index (Phi) is 3.79. The molecule has 6 heteroatoms. The van der Waals surface area contributed by atoms with Crippen molar-refractivity contribution in [1.29, 1.82) is 0 Å². The molecule has 0 aliphatic heterocycles. The van der Waals surface area contributed by atoms with E-state index >= 15 is 0 Å². The second-order valence-electron chi connectivity index (χ2n) is 4.25. The lowest BCUT2D eigenvalue weighted by molar-refractivity contribution is -0.114. The number of anilines is 2. The first-order valence-electron chi connectivity index (χ1n) is 5.83. The van der Waals surface area contributed by atoms with Crippen molar-refractivity contribution in [3.05, 3.63) is 42.0 Å². The Hall–Kier alpha value is -2.37. The molecule has 0 radical (unpaired) electrons. The van der Waals surface area contributed by atoms with Crippen molar-refractivity contribution in [3.63, 3.8) is 0 Å². The number of benzene rings is 1. The van der Waals surface area contributed by atoms with Crippen molar-refractivity contribution in [1.82, 2.24) is 9.78 Å². The molecular formula is C13H15FN4O. The van der Waals surface area contributed by atoms with Crippen LogP contribution in [-0.4, -0.2) is 15.7 Å². The minimum Gasteiger partial charge on any atom is -0.378 e. The number of carbonyl (C=O) groups is 1. The van der Waals surface area contributed by atoms with Crippen LogP contribution in [0.25, 0.3) is 0 Å². The fourth-order valence-corrected chi connectivity index (χ4v) is 1.70. The number of carbonyl (C=O) groups excluding carboxylic acids is 1. The predicted octanol–water partition coefficient (Wildman–Crippen LogP) is 2.13. The number of nitrogens with one attached hydrogen (secondary N) is 2. The lowest BCUT2D eigenvalue weighted by atomic mass is 10.2. The molecule has 1 amide bonds. The van der Waals surface area contributed by atoms with E-state index in [-0.39, 0.29) is 11.7 Å². The quantitative estimate of drug-likeness (QED) is 0.887. The molecule has 0 aliphatic rings. The number of amides is 1. The van der Waals surface area contributed by atoms with Gasteiger partial charge in [-0.05, 0) is 18.2 Å². The predicted molar refractivity (Wildman–Crippen MR) is 71.2 cm³/mol. The molecule has 0 spiro atoms. The van der Waals surface area contributed by atoms with E-state index in [1.165, 1.54) is 19.1 Å². The SMILES string of the molecule is CC(=O)Nc1ccc(F)c(NCc2cnn(C)c2)c1. The van der Waals surface area contributed by atoms with Crippen LogP contribution in [0.5, 0.6) is 0 Å². The number of rotatable bonds is 4. The van der Waals surface area contributed by atoms with Crippen LogP contribution >= 0.6 is 0 Å². The van der Waals surface area contributed by atoms with Crippen LogP contribution in [0.4, 0.5) is 15.8 Å². The highest BCUT2D eigenvalue weighted by molar-refractivity contribution is 5.89. The van der Waals surface area contributed by atoms with Gasteiger partial charge in [0.25, 0.3) is 0 Å². The van der Waals surface area contributed by atoms with Gasteiger partial charge in [0, 0.05) is 38.0 Å². The van der Waals surface area contributed by atoms with Gasteiger partial charge in [-0.15, -0.1) is 0 Å². The van der Waals surface area contributed by atoms with Crippen molar-refractivity contribution in [2.24, 2.45) is 7.05 Å². The standard InChI is InChI=1S/C13H15FN4O/c1-9(19)17-11-3-4-12(14)13(5-11)15-6-10-7-16-18(2)8-10/h3-5,7-8,15H,6H2,1-2H3,(H,17,19). The molecule has 0 bridgehead atoms. The van der Waals surface area contributed by atoms with Crippen LogP contribution in [0.3, 0.4) is 0 Å². The third-order valence-corrected chi connectivity index (χ3v) is 2.53. The fraction of sp³-hybridized carbons (Fsp3) is 0.231. The van der Waals surface area contributed by atoms with Crippen molar-refractivity contribution < 1.29 is 9.18 Å². The highest BCUT2D eigenvalue weighted by Crippen LogP contribution is 2.20. The minimum absolute atomic E-state index is 0.190. The number of hydrogen-bond acceptors (Lipinski definition) is 3. The summed E-state index contributed by atoms with van der Waals surface area (Å²) in [6.07, 6.45) is 3.56. The van der Waals surface area contributed by atoms with Crippen molar-refractivity contribution in [2.45, 2.75) is 13.5 Å². The van der Waals surface area contributed by atoms with E-state index in [0.717, 1.165) is 5.56 Å². The Bertz CT molecular complexity index is 594. The summed E-state index contributed by atoms with van der Waals surface area (Å²) in [5, 5.41) is 9.62. The Morgan fingerprint density at radius 3 is 2.89 bits per heavy atom. The summed E-state index contributed by atoms with van der Waals surface area (Å²) < 4.78 is 15.3. The summed E-state index contributed by atoms with van der Waals surface area (Å²) >= 11 is 0. The zero-order chi connectivity index (χ0) is 13.8. The average Bonchev–Trinajstić information content (AvgIpc) is 2.75. The largest absolute Gasteiger partial charge is 0.378 e. The summed E-state index contributed by atoms with van der Waals surface area (Å²) in [7, 11) is 1.82. The second kappa shape index (κ2) is 5.51. The number of halogens is 1. The maximum Gasteiger partial charge on any atom is 0.221 e. The van der Waals surface area contributed by atoms with Gasteiger partial charge in [-0.25, -0.2) is 4.39 Å². The molecule has 19 heavy (non-hydrogen) atoms. The monoisotopic (exact) mass is 262 g/mol. The average molecular weight is 262 g/mol. The lowest BCUT2D eigenvalue weighted by Gasteiger charge is -2.09. The van der Waals surface area contributed by atoms with Gasteiger partial charge >= 0.3 is 0 Å². The Labute approximate surface area is 110 Å².